The summed E-state index contributed by atoms with van der Waals surface area (Å²) in [6.07, 6.45) is 22.9. The molecule has 0 aliphatic carbocycles. The molecule has 1 heterocycles. The van der Waals surface area contributed by atoms with Crippen molar-refractivity contribution in [2.75, 3.05) is 7.11 Å². The van der Waals surface area contributed by atoms with Gasteiger partial charge in [-0.2, -0.15) is 0 Å². The van der Waals surface area contributed by atoms with E-state index in [1.165, 1.54) is 19.2 Å². The lowest BCUT2D eigenvalue weighted by molar-refractivity contribution is -0.135. The zero-order valence-corrected chi connectivity index (χ0v) is 33.4. The lowest BCUT2D eigenvalue weighted by Gasteiger charge is -2.17. The molecule has 2 aromatic carbocycles. The number of aromatic hydroxyl groups is 1. The molecule has 0 bridgehead atoms. The summed E-state index contributed by atoms with van der Waals surface area (Å²) in [5, 5.41) is 11.9. The molecule has 0 fully saturated rings. The van der Waals surface area contributed by atoms with Gasteiger partial charge in [-0.1, -0.05) is 86.8 Å². The van der Waals surface area contributed by atoms with Gasteiger partial charge in [0.05, 0.1) is 12.5 Å². The number of methoxy groups -OCH3 is 1. The molecule has 0 radical (unpaired) electrons. The molecule has 3 aromatic rings. The standard InChI is InChI=1S/C46H62O8/c1-8-10-12-14-16-18-20-22-24-40(47)53-36-30-38-43(44(49)34(36)28-26-32(3)4)45(50)42-35(29-27-33(5)6)46(51-7)39(31-37(42)52-38)54-41(48)25-23-21-19-17-15-13-11-9-2/h8-9,26-27,30-31,49H,1-2,10-25,28-29H2,3-7H3. The van der Waals surface area contributed by atoms with E-state index < -0.39 is 17.4 Å². The summed E-state index contributed by atoms with van der Waals surface area (Å²) in [6.45, 7) is 15.3. The van der Waals surface area contributed by atoms with Gasteiger partial charge in [-0.25, -0.2) is 0 Å². The maximum atomic E-state index is 14.4. The van der Waals surface area contributed by atoms with Gasteiger partial charge in [-0.15, -0.1) is 13.2 Å². The highest BCUT2D eigenvalue weighted by Crippen LogP contribution is 2.42. The van der Waals surface area contributed by atoms with Crippen molar-refractivity contribution < 1.29 is 33.3 Å². The van der Waals surface area contributed by atoms with Crippen LogP contribution in [-0.2, 0) is 22.4 Å². The Morgan fingerprint density at radius 2 is 1.11 bits per heavy atom. The van der Waals surface area contributed by atoms with Crippen LogP contribution in [0.15, 0.2) is 70.0 Å². The fraction of sp³-hybridized carbons (Fsp3) is 0.500. The molecule has 0 spiro atoms. The van der Waals surface area contributed by atoms with Crippen LogP contribution in [-0.4, -0.2) is 24.2 Å². The number of carbonyl (C=O) groups excluding carboxylic acids is 2. The molecular formula is C46H62O8. The first kappa shape index (κ1) is 43.8. The zero-order chi connectivity index (χ0) is 39.5. The SMILES string of the molecule is C=CCCCCCCCCC(=O)Oc1cc2oc3cc(OC(=O)CCCCCCCCC=C)c(OC)c(CC=C(C)C)c3c(=O)c2c(O)c1CC=C(C)C. The summed E-state index contributed by atoms with van der Waals surface area (Å²) < 4.78 is 23.9. The van der Waals surface area contributed by atoms with E-state index in [2.05, 4.69) is 13.2 Å². The minimum absolute atomic E-state index is 0.0225. The van der Waals surface area contributed by atoms with Gasteiger partial charge >= 0.3 is 11.9 Å². The summed E-state index contributed by atoms with van der Waals surface area (Å²) in [4.78, 5) is 40.6. The van der Waals surface area contributed by atoms with Gasteiger partial charge in [0.1, 0.15) is 28.1 Å². The van der Waals surface area contributed by atoms with Gasteiger partial charge in [0.25, 0.3) is 0 Å². The minimum Gasteiger partial charge on any atom is -0.507 e. The van der Waals surface area contributed by atoms with Gasteiger partial charge in [-0.3, -0.25) is 14.4 Å². The van der Waals surface area contributed by atoms with Crippen LogP contribution in [0, 0.1) is 0 Å². The largest absolute Gasteiger partial charge is 0.507 e. The number of rotatable bonds is 25. The molecule has 54 heavy (non-hydrogen) atoms. The average molecular weight is 743 g/mol. The van der Waals surface area contributed by atoms with Crippen LogP contribution in [0.4, 0.5) is 0 Å². The van der Waals surface area contributed by atoms with Crippen molar-refractivity contribution in [3.05, 3.63) is 82.1 Å². The van der Waals surface area contributed by atoms with Crippen molar-refractivity contribution in [1.29, 1.82) is 0 Å². The molecule has 1 N–H and O–H groups in total. The molecule has 0 saturated heterocycles. The number of esters is 2. The predicted octanol–water partition coefficient (Wildman–Crippen LogP) is 12.1. The maximum Gasteiger partial charge on any atom is 0.311 e. The number of phenols is 1. The highest BCUT2D eigenvalue weighted by Gasteiger charge is 2.26. The Balaban J connectivity index is 2.00. The Morgan fingerprint density at radius 3 is 1.61 bits per heavy atom. The third-order valence-corrected chi connectivity index (χ3v) is 9.47. The molecule has 0 amide bonds. The van der Waals surface area contributed by atoms with E-state index in [4.69, 9.17) is 18.6 Å². The Kier molecular flexibility index (Phi) is 18.9. The van der Waals surface area contributed by atoms with Crippen LogP contribution in [0.2, 0.25) is 0 Å². The number of hydrogen-bond acceptors (Lipinski definition) is 8. The molecule has 0 unspecified atom stereocenters. The molecule has 8 nitrogen and oxygen atoms in total. The predicted molar refractivity (Wildman–Crippen MR) is 220 cm³/mol. The van der Waals surface area contributed by atoms with Gasteiger partial charge in [0, 0.05) is 36.1 Å². The van der Waals surface area contributed by atoms with Crippen LogP contribution < -0.4 is 19.6 Å². The van der Waals surface area contributed by atoms with Crippen molar-refractivity contribution in [3.8, 4) is 23.0 Å². The van der Waals surface area contributed by atoms with Crippen molar-refractivity contribution in [2.45, 2.75) is 143 Å². The fourth-order valence-corrected chi connectivity index (χ4v) is 6.48. The lowest BCUT2D eigenvalue weighted by atomic mass is 9.98. The number of unbranched alkanes of at least 4 members (excludes halogenated alkanes) is 12. The van der Waals surface area contributed by atoms with Crippen LogP contribution in [0.1, 0.15) is 142 Å². The Bertz CT molecular complexity index is 1850. The second-order valence-electron chi connectivity index (χ2n) is 14.6. The Hall–Kier alpha value is -4.59. The van der Waals surface area contributed by atoms with Crippen molar-refractivity contribution >= 4 is 33.9 Å². The second-order valence-corrected chi connectivity index (χ2v) is 14.6. The highest BCUT2D eigenvalue weighted by atomic mass is 16.6. The molecule has 8 heteroatoms. The first-order valence-electron chi connectivity index (χ1n) is 19.8. The quantitative estimate of drug-likeness (QED) is 0.0300. The van der Waals surface area contributed by atoms with E-state index >= 15 is 0 Å². The molecule has 0 saturated carbocycles. The van der Waals surface area contributed by atoms with E-state index in [-0.39, 0.29) is 64.2 Å². The Labute approximate surface area is 322 Å². The summed E-state index contributed by atoms with van der Waals surface area (Å²) in [5.74, 6) is -0.576. The molecule has 1 aromatic heterocycles. The molecular weight excluding hydrogens is 680 g/mol. The molecule has 0 atom stereocenters. The summed E-state index contributed by atoms with van der Waals surface area (Å²) in [7, 11) is 1.47. The molecule has 3 rings (SSSR count). The summed E-state index contributed by atoms with van der Waals surface area (Å²) in [6, 6.07) is 3.00. The van der Waals surface area contributed by atoms with Crippen molar-refractivity contribution in [3.63, 3.8) is 0 Å². The third kappa shape index (κ3) is 13.4. The van der Waals surface area contributed by atoms with Crippen LogP contribution in [0.3, 0.4) is 0 Å². The maximum absolute atomic E-state index is 14.4. The number of allylic oxidation sites excluding steroid dienone is 6. The number of fused-ring (bicyclic) bond motifs is 2. The fourth-order valence-electron chi connectivity index (χ4n) is 6.48. The first-order valence-corrected chi connectivity index (χ1v) is 19.8. The lowest BCUT2D eigenvalue weighted by Crippen LogP contribution is -2.13. The number of carbonyl (C=O) groups is 2. The number of benzene rings is 2. The number of hydrogen-bond donors (Lipinski definition) is 1. The van der Waals surface area contributed by atoms with E-state index in [9.17, 15) is 19.5 Å². The van der Waals surface area contributed by atoms with E-state index in [1.54, 1.807) is 0 Å². The van der Waals surface area contributed by atoms with Crippen LogP contribution in [0.25, 0.3) is 21.9 Å². The molecule has 0 aliphatic rings. The topological polar surface area (TPSA) is 112 Å². The minimum atomic E-state index is -0.463. The first-order chi connectivity index (χ1) is 26.0. The van der Waals surface area contributed by atoms with Crippen LogP contribution in [0.5, 0.6) is 23.0 Å². The van der Waals surface area contributed by atoms with Gasteiger partial charge in [0.15, 0.2) is 11.5 Å². The van der Waals surface area contributed by atoms with E-state index in [1.807, 2.05) is 52.0 Å². The van der Waals surface area contributed by atoms with Gasteiger partial charge in [-0.05, 0) is 79.1 Å². The van der Waals surface area contributed by atoms with Crippen molar-refractivity contribution in [2.24, 2.45) is 0 Å². The average Bonchev–Trinajstić information content (AvgIpc) is 3.12. The second kappa shape index (κ2) is 23.3. The number of ether oxygens (including phenoxy) is 3. The van der Waals surface area contributed by atoms with Crippen molar-refractivity contribution in [1.82, 2.24) is 0 Å². The Morgan fingerprint density at radius 1 is 0.667 bits per heavy atom. The third-order valence-electron chi connectivity index (χ3n) is 9.47. The summed E-state index contributed by atoms with van der Waals surface area (Å²) >= 11 is 0. The smallest absolute Gasteiger partial charge is 0.311 e. The van der Waals surface area contributed by atoms with Gasteiger partial charge in [0.2, 0.25) is 5.43 Å². The zero-order valence-electron chi connectivity index (χ0n) is 33.4. The number of phenolic OH excluding ortho intramolecular Hbond substituents is 1. The molecule has 294 valence electrons. The van der Waals surface area contributed by atoms with Gasteiger partial charge < -0.3 is 23.7 Å². The van der Waals surface area contributed by atoms with Crippen LogP contribution >= 0.6 is 0 Å². The summed E-state index contributed by atoms with van der Waals surface area (Å²) in [5.41, 5.74) is 2.58. The monoisotopic (exact) mass is 742 g/mol. The highest BCUT2D eigenvalue weighted by molar-refractivity contribution is 5.98. The molecule has 0 aliphatic heterocycles. The van der Waals surface area contributed by atoms with E-state index in [0.29, 0.717) is 30.4 Å². The normalized spacial score (nSPS) is 11.0. The van der Waals surface area contributed by atoms with E-state index in [0.717, 1.165) is 88.2 Å².